The average Bonchev–Trinajstić information content (AvgIpc) is 2.29. The molecule has 2 unspecified atom stereocenters. The van der Waals surface area contributed by atoms with Crippen LogP contribution in [0.2, 0.25) is 0 Å². The molecule has 16 heavy (non-hydrogen) atoms. The van der Waals surface area contributed by atoms with E-state index in [9.17, 15) is 0 Å². The normalized spacial score (nSPS) is 24.2. The molecular weight excluding hydrogens is 216 g/mol. The second-order valence-corrected chi connectivity index (χ2v) is 5.66. The summed E-state index contributed by atoms with van der Waals surface area (Å²) >= 11 is 2.10. The van der Waals surface area contributed by atoms with Crippen LogP contribution in [0.1, 0.15) is 26.2 Å². The van der Waals surface area contributed by atoms with E-state index >= 15 is 0 Å². The Morgan fingerprint density at radius 3 is 3.06 bits per heavy atom. The van der Waals surface area contributed by atoms with Gasteiger partial charge in [0.1, 0.15) is 0 Å². The molecule has 1 aliphatic heterocycles. The van der Waals surface area contributed by atoms with Crippen LogP contribution >= 0.6 is 11.8 Å². The zero-order valence-corrected chi connectivity index (χ0v) is 11.6. The van der Waals surface area contributed by atoms with Crippen LogP contribution in [-0.4, -0.2) is 48.6 Å². The van der Waals surface area contributed by atoms with Gasteiger partial charge in [-0.25, -0.2) is 0 Å². The van der Waals surface area contributed by atoms with Crippen LogP contribution in [0.25, 0.3) is 0 Å². The van der Waals surface area contributed by atoms with Gasteiger partial charge in [0.2, 0.25) is 0 Å². The molecule has 1 N–H and O–H groups in total. The lowest BCUT2D eigenvalue weighted by Gasteiger charge is -2.38. The van der Waals surface area contributed by atoms with Gasteiger partial charge in [-0.3, -0.25) is 0 Å². The summed E-state index contributed by atoms with van der Waals surface area (Å²) in [5, 5.41) is 3.65. The summed E-state index contributed by atoms with van der Waals surface area (Å²) in [6.45, 7) is 8.31. The topological polar surface area (TPSA) is 15.3 Å². The summed E-state index contributed by atoms with van der Waals surface area (Å²) in [7, 11) is 2.27. The van der Waals surface area contributed by atoms with Crippen molar-refractivity contribution in [2.75, 3.05) is 31.6 Å². The Bertz CT molecular complexity index is 196. The van der Waals surface area contributed by atoms with Crippen molar-refractivity contribution in [2.45, 2.75) is 38.3 Å². The van der Waals surface area contributed by atoms with Crippen LogP contribution in [0, 0.1) is 0 Å². The number of hydrogen-bond donors (Lipinski definition) is 1. The highest BCUT2D eigenvalue weighted by Crippen LogP contribution is 2.20. The molecule has 3 heteroatoms. The molecule has 0 spiro atoms. The van der Waals surface area contributed by atoms with E-state index in [1.165, 1.54) is 30.9 Å². The van der Waals surface area contributed by atoms with Crippen LogP contribution in [0.5, 0.6) is 0 Å². The fourth-order valence-corrected chi connectivity index (χ4v) is 3.62. The lowest BCUT2D eigenvalue weighted by Crippen LogP contribution is -2.52. The van der Waals surface area contributed by atoms with Gasteiger partial charge in [-0.05, 0) is 32.9 Å². The first kappa shape index (κ1) is 14.1. The maximum atomic E-state index is 3.80. The molecule has 0 amide bonds. The van der Waals surface area contributed by atoms with Crippen LogP contribution in [0.15, 0.2) is 12.7 Å². The minimum absolute atomic E-state index is 0.655. The fraction of sp³-hybridized carbons (Fsp3) is 0.846. The summed E-state index contributed by atoms with van der Waals surface area (Å²) in [6.07, 6.45) is 5.71. The molecule has 1 heterocycles. The van der Waals surface area contributed by atoms with Crippen LogP contribution < -0.4 is 5.32 Å². The van der Waals surface area contributed by atoms with Crippen molar-refractivity contribution in [3.8, 4) is 0 Å². The second kappa shape index (κ2) is 8.15. The number of nitrogens with one attached hydrogen (secondary N) is 1. The number of rotatable bonds is 7. The van der Waals surface area contributed by atoms with Gasteiger partial charge >= 0.3 is 0 Å². The molecule has 1 saturated heterocycles. The molecular formula is C13H26N2S. The SMILES string of the molecule is C=CCCCC(NCC)C1CSCCN1C. The Hall–Kier alpha value is 0.01000. The molecule has 2 atom stereocenters. The van der Waals surface area contributed by atoms with E-state index in [-0.39, 0.29) is 0 Å². The molecule has 0 aromatic heterocycles. The first-order chi connectivity index (χ1) is 7.79. The Labute approximate surface area is 105 Å². The number of hydrogen-bond acceptors (Lipinski definition) is 3. The number of nitrogens with zero attached hydrogens (tertiary/aromatic N) is 1. The van der Waals surface area contributed by atoms with Crippen molar-refractivity contribution in [2.24, 2.45) is 0 Å². The monoisotopic (exact) mass is 242 g/mol. The van der Waals surface area contributed by atoms with Crippen LogP contribution in [0.4, 0.5) is 0 Å². The summed E-state index contributed by atoms with van der Waals surface area (Å²) in [6, 6.07) is 1.37. The van der Waals surface area contributed by atoms with E-state index in [0.717, 1.165) is 13.0 Å². The minimum Gasteiger partial charge on any atom is -0.313 e. The maximum Gasteiger partial charge on any atom is 0.0337 e. The van der Waals surface area contributed by atoms with Crippen molar-refractivity contribution in [3.05, 3.63) is 12.7 Å². The summed E-state index contributed by atoms with van der Waals surface area (Å²) < 4.78 is 0. The third kappa shape index (κ3) is 4.48. The molecule has 0 aromatic rings. The van der Waals surface area contributed by atoms with Gasteiger partial charge < -0.3 is 10.2 Å². The highest BCUT2D eigenvalue weighted by Gasteiger charge is 2.26. The van der Waals surface area contributed by atoms with Crippen LogP contribution in [0.3, 0.4) is 0 Å². The lowest BCUT2D eigenvalue weighted by molar-refractivity contribution is 0.208. The molecule has 1 aliphatic rings. The summed E-state index contributed by atoms with van der Waals surface area (Å²) in [5.41, 5.74) is 0. The molecule has 0 aromatic carbocycles. The van der Waals surface area contributed by atoms with E-state index < -0.39 is 0 Å². The second-order valence-electron chi connectivity index (χ2n) is 4.51. The Kier molecular flexibility index (Phi) is 7.17. The molecule has 0 saturated carbocycles. The van der Waals surface area contributed by atoms with Gasteiger partial charge in [0.25, 0.3) is 0 Å². The van der Waals surface area contributed by atoms with E-state index in [4.69, 9.17) is 0 Å². The predicted octanol–water partition coefficient (Wildman–Crippen LogP) is 2.37. The molecule has 1 rings (SSSR count). The highest BCUT2D eigenvalue weighted by atomic mass is 32.2. The first-order valence-electron chi connectivity index (χ1n) is 6.41. The van der Waals surface area contributed by atoms with Crippen molar-refractivity contribution in [1.29, 1.82) is 0 Å². The van der Waals surface area contributed by atoms with Gasteiger partial charge in [-0.1, -0.05) is 13.0 Å². The quantitative estimate of drug-likeness (QED) is 0.545. The zero-order chi connectivity index (χ0) is 11.8. The number of unbranched alkanes of at least 4 members (excludes halogenated alkanes) is 1. The number of thioether (sulfide) groups is 1. The molecule has 1 fully saturated rings. The van der Waals surface area contributed by atoms with Gasteiger partial charge in [0, 0.05) is 30.1 Å². The molecule has 0 aliphatic carbocycles. The van der Waals surface area contributed by atoms with Crippen molar-refractivity contribution >= 4 is 11.8 Å². The highest BCUT2D eigenvalue weighted by molar-refractivity contribution is 7.99. The third-order valence-electron chi connectivity index (χ3n) is 3.30. The largest absolute Gasteiger partial charge is 0.313 e. The zero-order valence-electron chi connectivity index (χ0n) is 10.7. The van der Waals surface area contributed by atoms with Crippen LogP contribution in [-0.2, 0) is 0 Å². The van der Waals surface area contributed by atoms with E-state index in [1.807, 2.05) is 6.08 Å². The average molecular weight is 242 g/mol. The van der Waals surface area contributed by atoms with E-state index in [2.05, 4.69) is 42.5 Å². The van der Waals surface area contributed by atoms with Crippen molar-refractivity contribution < 1.29 is 0 Å². The summed E-state index contributed by atoms with van der Waals surface area (Å²) in [5.74, 6) is 2.57. The third-order valence-corrected chi connectivity index (χ3v) is 4.35. The number of allylic oxidation sites excluding steroid dienone is 1. The van der Waals surface area contributed by atoms with Gasteiger partial charge in [0.05, 0.1) is 0 Å². The maximum absolute atomic E-state index is 3.80. The van der Waals surface area contributed by atoms with Gasteiger partial charge in [-0.2, -0.15) is 11.8 Å². The molecule has 0 radical (unpaired) electrons. The molecule has 0 bridgehead atoms. The van der Waals surface area contributed by atoms with Gasteiger partial charge in [0.15, 0.2) is 0 Å². The van der Waals surface area contributed by atoms with E-state index in [0.29, 0.717) is 12.1 Å². The smallest absolute Gasteiger partial charge is 0.0337 e. The fourth-order valence-electron chi connectivity index (χ4n) is 2.30. The Morgan fingerprint density at radius 2 is 2.44 bits per heavy atom. The minimum atomic E-state index is 0.655. The van der Waals surface area contributed by atoms with E-state index in [1.54, 1.807) is 0 Å². The Balaban J connectivity index is 2.42. The Morgan fingerprint density at radius 1 is 1.62 bits per heavy atom. The van der Waals surface area contributed by atoms with Crippen molar-refractivity contribution in [1.82, 2.24) is 10.2 Å². The number of likely N-dealkylation sites (N-methyl/N-ethyl adjacent to an activating group) is 2. The molecule has 94 valence electrons. The lowest BCUT2D eigenvalue weighted by atomic mass is 10.0. The van der Waals surface area contributed by atoms with Gasteiger partial charge in [-0.15, -0.1) is 6.58 Å². The first-order valence-corrected chi connectivity index (χ1v) is 7.57. The predicted molar refractivity (Wildman–Crippen MR) is 75.3 cm³/mol. The summed E-state index contributed by atoms with van der Waals surface area (Å²) in [4.78, 5) is 2.53. The standard InChI is InChI=1S/C13H26N2S/c1-4-6-7-8-12(14-5-2)13-11-16-10-9-15(13)3/h4,12-14H,1,5-11H2,2-3H3. The van der Waals surface area contributed by atoms with Crippen molar-refractivity contribution in [3.63, 3.8) is 0 Å². The molecule has 2 nitrogen and oxygen atoms in total.